The van der Waals surface area contributed by atoms with Crippen LogP contribution in [0.5, 0.6) is 0 Å². The lowest BCUT2D eigenvalue weighted by molar-refractivity contribution is -0.302. The molecule has 0 aliphatic carbocycles. The molecular formula is C56H99NO10. The van der Waals surface area contributed by atoms with Crippen LogP contribution in [0.1, 0.15) is 219 Å². The average molecular weight is 946 g/mol. The molecule has 0 saturated carbocycles. The number of rotatable bonds is 45. The van der Waals surface area contributed by atoms with E-state index in [0.29, 0.717) is 25.9 Å². The molecule has 11 nitrogen and oxygen atoms in total. The Morgan fingerprint density at radius 3 is 1.63 bits per heavy atom. The topological polar surface area (TPSA) is 175 Å². The molecule has 11 heteroatoms. The van der Waals surface area contributed by atoms with Crippen molar-refractivity contribution in [2.24, 2.45) is 0 Å². The second kappa shape index (κ2) is 45.8. The zero-order chi connectivity index (χ0) is 48.8. The van der Waals surface area contributed by atoms with Gasteiger partial charge in [0.15, 0.2) is 6.29 Å². The van der Waals surface area contributed by atoms with Gasteiger partial charge in [-0.15, -0.1) is 0 Å². The van der Waals surface area contributed by atoms with Gasteiger partial charge in [-0.1, -0.05) is 177 Å². The minimum atomic E-state index is -1.59. The number of unbranched alkanes of at least 4 members (excludes halogenated alkanes) is 23. The first-order valence-electron chi connectivity index (χ1n) is 27.1. The molecule has 67 heavy (non-hydrogen) atoms. The number of allylic oxidation sites excluding steroid dienone is 9. The average Bonchev–Trinajstić information content (AvgIpc) is 3.32. The summed E-state index contributed by atoms with van der Waals surface area (Å²) >= 11 is 0. The first kappa shape index (κ1) is 62.4. The SMILES string of the molecule is CC/C=C/CC/C=C/CC/C=C/C(O)C(COC1OC(CO)C(O)C(O)C1O)NC(=O)CCCCCCCCC/C=C\C/C=C\CCCCCOC(=O)CCCCCCCCCCCCCC. The van der Waals surface area contributed by atoms with Gasteiger partial charge in [0, 0.05) is 12.8 Å². The number of carbonyl (C=O) groups is 2. The number of esters is 1. The van der Waals surface area contributed by atoms with Crippen LogP contribution in [0.2, 0.25) is 0 Å². The summed E-state index contributed by atoms with van der Waals surface area (Å²) in [7, 11) is 0. The Bertz CT molecular complexity index is 1300. The highest BCUT2D eigenvalue weighted by atomic mass is 16.7. The van der Waals surface area contributed by atoms with Crippen LogP contribution >= 0.6 is 0 Å². The molecule has 0 bridgehead atoms. The molecule has 0 aromatic rings. The molecule has 1 aliphatic heterocycles. The van der Waals surface area contributed by atoms with E-state index in [2.05, 4.69) is 67.8 Å². The van der Waals surface area contributed by atoms with Crippen molar-refractivity contribution in [3.63, 3.8) is 0 Å². The minimum Gasteiger partial charge on any atom is -0.466 e. The lowest BCUT2D eigenvalue weighted by Gasteiger charge is -2.40. The molecule has 7 unspecified atom stereocenters. The van der Waals surface area contributed by atoms with Crippen LogP contribution in [0, 0.1) is 0 Å². The number of amides is 1. The van der Waals surface area contributed by atoms with Crippen LogP contribution in [0.4, 0.5) is 0 Å². The van der Waals surface area contributed by atoms with E-state index in [0.717, 1.165) is 103 Å². The maximum Gasteiger partial charge on any atom is 0.305 e. The first-order valence-corrected chi connectivity index (χ1v) is 27.1. The Kier molecular flexibility index (Phi) is 42.6. The van der Waals surface area contributed by atoms with Crippen molar-refractivity contribution in [3.8, 4) is 0 Å². The van der Waals surface area contributed by atoms with Gasteiger partial charge in [0.05, 0.1) is 32.0 Å². The maximum atomic E-state index is 13.0. The summed E-state index contributed by atoms with van der Waals surface area (Å²) in [6, 6.07) is -0.846. The maximum absolute atomic E-state index is 13.0. The van der Waals surface area contributed by atoms with Crippen molar-refractivity contribution in [1.29, 1.82) is 0 Å². The Morgan fingerprint density at radius 2 is 1.06 bits per heavy atom. The molecule has 1 amide bonds. The van der Waals surface area contributed by atoms with Crippen LogP contribution in [0.3, 0.4) is 0 Å². The Balaban J connectivity index is 2.14. The number of hydrogen-bond donors (Lipinski definition) is 6. The zero-order valence-corrected chi connectivity index (χ0v) is 42.3. The zero-order valence-electron chi connectivity index (χ0n) is 42.3. The van der Waals surface area contributed by atoms with Gasteiger partial charge in [0.1, 0.15) is 24.4 Å². The van der Waals surface area contributed by atoms with Crippen LogP contribution in [-0.4, -0.2) is 100 Å². The molecule has 0 spiro atoms. The van der Waals surface area contributed by atoms with Gasteiger partial charge in [-0.2, -0.15) is 0 Å². The van der Waals surface area contributed by atoms with Gasteiger partial charge in [-0.05, 0) is 89.9 Å². The van der Waals surface area contributed by atoms with Crippen molar-refractivity contribution in [3.05, 3.63) is 60.8 Å². The third-order valence-corrected chi connectivity index (χ3v) is 12.3. The number of aliphatic hydroxyl groups is 5. The van der Waals surface area contributed by atoms with E-state index in [9.17, 15) is 35.1 Å². The van der Waals surface area contributed by atoms with Crippen LogP contribution in [0.25, 0.3) is 0 Å². The lowest BCUT2D eigenvalue weighted by Crippen LogP contribution is -2.60. The van der Waals surface area contributed by atoms with E-state index < -0.39 is 49.5 Å². The Labute approximate surface area is 408 Å². The van der Waals surface area contributed by atoms with Gasteiger partial charge in [-0.3, -0.25) is 9.59 Å². The molecule has 1 fully saturated rings. The van der Waals surface area contributed by atoms with E-state index in [1.54, 1.807) is 6.08 Å². The molecule has 7 atom stereocenters. The van der Waals surface area contributed by atoms with Crippen LogP contribution in [-0.2, 0) is 23.8 Å². The quantitative estimate of drug-likeness (QED) is 0.0196. The lowest BCUT2D eigenvalue weighted by atomic mass is 9.99. The number of ether oxygens (including phenoxy) is 3. The second-order valence-corrected chi connectivity index (χ2v) is 18.5. The molecule has 1 rings (SSSR count). The summed E-state index contributed by atoms with van der Waals surface area (Å²) in [6.45, 7) is 4.12. The summed E-state index contributed by atoms with van der Waals surface area (Å²) in [5.41, 5.74) is 0. The minimum absolute atomic E-state index is 0.0341. The van der Waals surface area contributed by atoms with Gasteiger partial charge >= 0.3 is 5.97 Å². The molecule has 388 valence electrons. The van der Waals surface area contributed by atoms with Crippen molar-refractivity contribution in [1.82, 2.24) is 5.32 Å². The van der Waals surface area contributed by atoms with Crippen LogP contribution < -0.4 is 5.32 Å². The van der Waals surface area contributed by atoms with Crippen molar-refractivity contribution >= 4 is 11.9 Å². The summed E-state index contributed by atoms with van der Waals surface area (Å²) in [4.78, 5) is 25.0. The van der Waals surface area contributed by atoms with E-state index in [-0.39, 0.29) is 18.5 Å². The normalized spacial score (nSPS) is 20.0. The Hall–Kier alpha value is -2.64. The van der Waals surface area contributed by atoms with E-state index in [1.165, 1.54) is 83.5 Å². The fourth-order valence-corrected chi connectivity index (χ4v) is 8.03. The number of hydrogen-bond acceptors (Lipinski definition) is 10. The predicted octanol–water partition coefficient (Wildman–Crippen LogP) is 11.5. The van der Waals surface area contributed by atoms with Gasteiger partial charge in [-0.25, -0.2) is 0 Å². The van der Waals surface area contributed by atoms with Crippen molar-refractivity contribution < 1.29 is 49.3 Å². The van der Waals surface area contributed by atoms with E-state index in [4.69, 9.17) is 14.2 Å². The highest BCUT2D eigenvalue weighted by Crippen LogP contribution is 2.23. The fraction of sp³-hybridized carbons (Fsp3) is 0.786. The second-order valence-electron chi connectivity index (χ2n) is 18.5. The Morgan fingerprint density at radius 1 is 0.567 bits per heavy atom. The largest absolute Gasteiger partial charge is 0.466 e. The fourth-order valence-electron chi connectivity index (χ4n) is 8.03. The van der Waals surface area contributed by atoms with Gasteiger partial charge in [0.2, 0.25) is 5.91 Å². The van der Waals surface area contributed by atoms with Gasteiger partial charge in [0.25, 0.3) is 0 Å². The summed E-state index contributed by atoms with van der Waals surface area (Å²) in [6.07, 6.45) is 47.5. The number of carbonyl (C=O) groups excluding carboxylic acids is 2. The van der Waals surface area contributed by atoms with Crippen molar-refractivity contribution in [2.45, 2.75) is 262 Å². The molecule has 0 aromatic heterocycles. The third-order valence-electron chi connectivity index (χ3n) is 12.3. The summed E-state index contributed by atoms with van der Waals surface area (Å²) in [5.74, 6) is -0.251. The van der Waals surface area contributed by atoms with E-state index in [1.807, 2.05) is 6.08 Å². The summed E-state index contributed by atoms with van der Waals surface area (Å²) in [5, 5.41) is 54.1. The molecule has 0 aromatic carbocycles. The highest BCUT2D eigenvalue weighted by molar-refractivity contribution is 5.76. The molecular weight excluding hydrogens is 847 g/mol. The number of nitrogens with one attached hydrogen (secondary N) is 1. The monoisotopic (exact) mass is 946 g/mol. The molecule has 0 radical (unpaired) electrons. The predicted molar refractivity (Wildman–Crippen MR) is 273 cm³/mol. The summed E-state index contributed by atoms with van der Waals surface area (Å²) < 4.78 is 16.6. The molecule has 1 saturated heterocycles. The van der Waals surface area contributed by atoms with Gasteiger partial charge < -0.3 is 45.1 Å². The molecule has 6 N–H and O–H groups in total. The third kappa shape index (κ3) is 36.0. The standard InChI is InChI=1S/C56H99NO10/c1-3-5-7-9-11-13-15-24-28-32-36-40-44-52(61)65-45-41-37-33-29-25-22-20-18-16-17-19-21-23-27-31-35-39-43-51(60)57-48(47-66-56-55(64)54(63)53(62)50(46-58)67-56)49(59)42-38-34-30-26-14-12-10-8-6-4-2/h6,8,14,16,18,22,25-26,38,42,48-50,53-56,58-59,62-64H,3-5,7,9-13,15,17,19-21,23-24,27-37,39-41,43-47H2,1-2H3,(H,57,60)/b8-6+,18-16-,25-22-,26-14+,42-38+. The highest BCUT2D eigenvalue weighted by Gasteiger charge is 2.44. The number of aliphatic hydroxyl groups excluding tert-OH is 5. The molecule has 1 aliphatic rings. The smallest absolute Gasteiger partial charge is 0.305 e. The van der Waals surface area contributed by atoms with Crippen LogP contribution in [0.15, 0.2) is 60.8 Å². The van der Waals surface area contributed by atoms with E-state index >= 15 is 0 Å². The first-order chi connectivity index (χ1) is 32.7. The molecule has 1 heterocycles. The van der Waals surface area contributed by atoms with Crippen molar-refractivity contribution in [2.75, 3.05) is 19.8 Å².